The maximum atomic E-state index is 5.22. The molecule has 0 aromatic rings. The number of ether oxygens (including phenoxy) is 1. The molecule has 3 atom stereocenters. The van der Waals surface area contributed by atoms with Crippen LogP contribution >= 0.6 is 0 Å². The van der Waals surface area contributed by atoms with Gasteiger partial charge in [-0.1, -0.05) is 20.3 Å². The minimum atomic E-state index is 0.594. The Balaban J connectivity index is 1.73. The van der Waals surface area contributed by atoms with Crippen molar-refractivity contribution in [1.29, 1.82) is 0 Å². The summed E-state index contributed by atoms with van der Waals surface area (Å²) in [5.74, 6) is 1.78. The van der Waals surface area contributed by atoms with E-state index in [0.717, 1.165) is 24.5 Å². The molecule has 2 aliphatic rings. The molecule has 0 aromatic heterocycles. The Hall–Kier alpha value is -0.0800. The molecule has 0 amide bonds. The van der Waals surface area contributed by atoms with Gasteiger partial charge >= 0.3 is 0 Å². The Morgan fingerprint density at radius 3 is 2.65 bits per heavy atom. The van der Waals surface area contributed by atoms with Crippen molar-refractivity contribution in [3.8, 4) is 0 Å². The van der Waals surface area contributed by atoms with Gasteiger partial charge in [-0.15, -0.1) is 0 Å². The molecule has 0 aromatic carbocycles. The SMILES string of the molecule is COCCC1(CNC2CC(C)CCC2C)CC1. The summed E-state index contributed by atoms with van der Waals surface area (Å²) >= 11 is 0. The van der Waals surface area contributed by atoms with E-state index in [2.05, 4.69) is 19.2 Å². The van der Waals surface area contributed by atoms with E-state index in [4.69, 9.17) is 4.74 Å². The van der Waals surface area contributed by atoms with Crippen molar-refractivity contribution in [3.63, 3.8) is 0 Å². The van der Waals surface area contributed by atoms with E-state index in [1.807, 2.05) is 7.11 Å². The van der Waals surface area contributed by atoms with Crippen LogP contribution in [0.25, 0.3) is 0 Å². The highest BCUT2D eigenvalue weighted by atomic mass is 16.5. The number of nitrogens with one attached hydrogen (secondary N) is 1. The lowest BCUT2D eigenvalue weighted by molar-refractivity contribution is 0.163. The van der Waals surface area contributed by atoms with Crippen molar-refractivity contribution in [2.75, 3.05) is 20.3 Å². The Morgan fingerprint density at radius 1 is 1.24 bits per heavy atom. The van der Waals surface area contributed by atoms with Crippen LogP contribution in [0.15, 0.2) is 0 Å². The van der Waals surface area contributed by atoms with E-state index in [9.17, 15) is 0 Å². The van der Waals surface area contributed by atoms with Crippen molar-refractivity contribution in [2.45, 2.75) is 58.4 Å². The van der Waals surface area contributed by atoms with Gasteiger partial charge in [0.1, 0.15) is 0 Å². The summed E-state index contributed by atoms with van der Waals surface area (Å²) in [5.41, 5.74) is 0.594. The van der Waals surface area contributed by atoms with E-state index in [1.54, 1.807) is 0 Å². The normalized spacial score (nSPS) is 35.8. The van der Waals surface area contributed by atoms with Gasteiger partial charge in [-0.3, -0.25) is 0 Å². The highest BCUT2D eigenvalue weighted by Gasteiger charge is 2.42. The molecular formula is C15H29NO. The quantitative estimate of drug-likeness (QED) is 0.768. The fourth-order valence-corrected chi connectivity index (χ4v) is 3.17. The predicted octanol–water partition coefficient (Wildman–Crippen LogP) is 3.22. The maximum Gasteiger partial charge on any atom is 0.0468 e. The maximum absolute atomic E-state index is 5.22. The van der Waals surface area contributed by atoms with Gasteiger partial charge in [-0.25, -0.2) is 0 Å². The van der Waals surface area contributed by atoms with Crippen LogP contribution in [0.4, 0.5) is 0 Å². The first kappa shape index (κ1) is 13.4. The van der Waals surface area contributed by atoms with Gasteiger partial charge in [0.15, 0.2) is 0 Å². The number of methoxy groups -OCH3 is 1. The van der Waals surface area contributed by atoms with Crippen LogP contribution in [-0.4, -0.2) is 26.3 Å². The van der Waals surface area contributed by atoms with Crippen LogP contribution in [0, 0.1) is 17.3 Å². The highest BCUT2D eigenvalue weighted by molar-refractivity contribution is 4.96. The van der Waals surface area contributed by atoms with E-state index in [1.165, 1.54) is 45.1 Å². The van der Waals surface area contributed by atoms with Gasteiger partial charge in [0.25, 0.3) is 0 Å². The molecule has 100 valence electrons. The van der Waals surface area contributed by atoms with Crippen LogP contribution in [0.2, 0.25) is 0 Å². The van der Waals surface area contributed by atoms with E-state index < -0.39 is 0 Å². The van der Waals surface area contributed by atoms with Crippen LogP contribution in [-0.2, 0) is 4.74 Å². The minimum absolute atomic E-state index is 0.594. The number of hydrogen-bond acceptors (Lipinski definition) is 2. The minimum Gasteiger partial charge on any atom is -0.385 e. The molecule has 0 heterocycles. The standard InChI is InChI=1S/C15H29NO/c1-12-4-5-13(2)14(10-12)16-11-15(6-7-15)8-9-17-3/h12-14,16H,4-11H2,1-3H3. The third-order valence-electron chi connectivity index (χ3n) is 4.99. The van der Waals surface area contributed by atoms with E-state index in [0.29, 0.717) is 5.41 Å². The van der Waals surface area contributed by atoms with Crippen molar-refractivity contribution in [3.05, 3.63) is 0 Å². The van der Waals surface area contributed by atoms with Gasteiger partial charge in [-0.05, 0) is 49.4 Å². The average molecular weight is 239 g/mol. The Morgan fingerprint density at radius 2 is 2.00 bits per heavy atom. The van der Waals surface area contributed by atoms with Crippen LogP contribution in [0.3, 0.4) is 0 Å². The lowest BCUT2D eigenvalue weighted by Crippen LogP contribution is -2.42. The third-order valence-corrected chi connectivity index (χ3v) is 4.99. The third kappa shape index (κ3) is 3.69. The first-order chi connectivity index (χ1) is 8.15. The van der Waals surface area contributed by atoms with Gasteiger partial charge in [0.2, 0.25) is 0 Å². The second-order valence-electron chi connectivity index (χ2n) is 6.63. The molecule has 2 rings (SSSR count). The molecule has 0 bridgehead atoms. The predicted molar refractivity (Wildman–Crippen MR) is 72.1 cm³/mol. The molecule has 2 saturated carbocycles. The van der Waals surface area contributed by atoms with Gasteiger partial charge in [-0.2, -0.15) is 0 Å². The summed E-state index contributed by atoms with van der Waals surface area (Å²) in [4.78, 5) is 0. The molecule has 2 fully saturated rings. The fourth-order valence-electron chi connectivity index (χ4n) is 3.17. The molecule has 2 nitrogen and oxygen atoms in total. The summed E-state index contributed by atoms with van der Waals surface area (Å²) in [7, 11) is 1.81. The van der Waals surface area contributed by atoms with E-state index in [-0.39, 0.29) is 0 Å². The molecule has 0 aliphatic heterocycles. The zero-order chi connectivity index (χ0) is 12.3. The summed E-state index contributed by atoms with van der Waals surface area (Å²) in [5, 5.41) is 3.86. The van der Waals surface area contributed by atoms with Crippen molar-refractivity contribution in [2.24, 2.45) is 17.3 Å². The second kappa shape index (κ2) is 5.71. The van der Waals surface area contributed by atoms with Gasteiger partial charge in [0.05, 0.1) is 0 Å². The van der Waals surface area contributed by atoms with E-state index >= 15 is 0 Å². The van der Waals surface area contributed by atoms with Crippen molar-refractivity contribution in [1.82, 2.24) is 5.32 Å². The fraction of sp³-hybridized carbons (Fsp3) is 1.00. The summed E-state index contributed by atoms with van der Waals surface area (Å²) in [6.07, 6.45) is 8.26. The molecule has 0 spiro atoms. The zero-order valence-electron chi connectivity index (χ0n) is 11.8. The molecule has 2 aliphatic carbocycles. The van der Waals surface area contributed by atoms with Crippen LogP contribution in [0.5, 0.6) is 0 Å². The van der Waals surface area contributed by atoms with Gasteiger partial charge in [0, 0.05) is 26.3 Å². The smallest absolute Gasteiger partial charge is 0.0468 e. The molecule has 1 N–H and O–H groups in total. The topological polar surface area (TPSA) is 21.3 Å². The van der Waals surface area contributed by atoms with Crippen LogP contribution < -0.4 is 5.32 Å². The first-order valence-electron chi connectivity index (χ1n) is 7.37. The molecular weight excluding hydrogens is 210 g/mol. The molecule has 3 unspecified atom stereocenters. The summed E-state index contributed by atoms with van der Waals surface area (Å²) in [6.45, 7) is 6.97. The van der Waals surface area contributed by atoms with Crippen LogP contribution in [0.1, 0.15) is 52.4 Å². The molecule has 17 heavy (non-hydrogen) atoms. The average Bonchev–Trinajstić information content (AvgIpc) is 3.09. The largest absolute Gasteiger partial charge is 0.385 e. The number of hydrogen-bond donors (Lipinski definition) is 1. The summed E-state index contributed by atoms with van der Waals surface area (Å²) in [6, 6.07) is 0.763. The lowest BCUT2D eigenvalue weighted by atomic mass is 9.80. The Bertz CT molecular complexity index is 237. The van der Waals surface area contributed by atoms with Crippen molar-refractivity contribution >= 4 is 0 Å². The highest BCUT2D eigenvalue weighted by Crippen LogP contribution is 2.48. The molecule has 2 heteroatoms. The molecule has 0 saturated heterocycles. The zero-order valence-corrected chi connectivity index (χ0v) is 11.8. The first-order valence-corrected chi connectivity index (χ1v) is 7.37. The monoisotopic (exact) mass is 239 g/mol. The number of rotatable bonds is 6. The summed E-state index contributed by atoms with van der Waals surface area (Å²) < 4.78 is 5.22. The Kier molecular flexibility index (Phi) is 4.48. The Labute approximate surface area is 107 Å². The van der Waals surface area contributed by atoms with Crippen molar-refractivity contribution < 1.29 is 4.74 Å². The lowest BCUT2D eigenvalue weighted by Gasteiger charge is -2.34. The molecule has 0 radical (unpaired) electrons. The second-order valence-corrected chi connectivity index (χ2v) is 6.63. The van der Waals surface area contributed by atoms with Gasteiger partial charge < -0.3 is 10.1 Å².